The van der Waals surface area contributed by atoms with Gasteiger partial charge in [0.1, 0.15) is 0 Å². The predicted octanol–water partition coefficient (Wildman–Crippen LogP) is 2.42. The fourth-order valence-electron chi connectivity index (χ4n) is 2.63. The van der Waals surface area contributed by atoms with Gasteiger partial charge < -0.3 is 10.1 Å². The number of hydrogen-bond acceptors (Lipinski definition) is 2. The van der Waals surface area contributed by atoms with Crippen LogP contribution in [0.3, 0.4) is 0 Å². The van der Waals surface area contributed by atoms with Crippen molar-refractivity contribution >= 4 is 0 Å². The second-order valence-electron chi connectivity index (χ2n) is 4.56. The van der Waals surface area contributed by atoms with E-state index in [9.17, 15) is 0 Å². The summed E-state index contributed by atoms with van der Waals surface area (Å²) in [5.41, 5.74) is 1.43. The summed E-state index contributed by atoms with van der Waals surface area (Å²) >= 11 is 0. The third-order valence-electron chi connectivity index (χ3n) is 3.53. The van der Waals surface area contributed by atoms with Gasteiger partial charge in [-0.05, 0) is 37.4 Å². The van der Waals surface area contributed by atoms with Crippen molar-refractivity contribution in [3.8, 4) is 0 Å². The van der Waals surface area contributed by atoms with Crippen molar-refractivity contribution in [1.29, 1.82) is 0 Å². The molecule has 0 spiro atoms. The van der Waals surface area contributed by atoms with E-state index < -0.39 is 0 Å². The lowest BCUT2D eigenvalue weighted by molar-refractivity contribution is 0.144. The third-order valence-corrected chi connectivity index (χ3v) is 3.53. The summed E-state index contributed by atoms with van der Waals surface area (Å²) < 4.78 is 5.39. The smallest absolute Gasteiger partial charge is 0.0533 e. The Morgan fingerprint density at radius 2 is 1.94 bits per heavy atom. The summed E-state index contributed by atoms with van der Waals surface area (Å²) in [7, 11) is 1.80. The van der Waals surface area contributed by atoms with Gasteiger partial charge in [-0.15, -0.1) is 0 Å². The Morgan fingerprint density at radius 3 is 2.56 bits per heavy atom. The molecule has 1 heterocycles. The first-order valence-corrected chi connectivity index (χ1v) is 6.16. The molecule has 88 valence electrons. The summed E-state index contributed by atoms with van der Waals surface area (Å²) in [6.45, 7) is 3.14. The van der Waals surface area contributed by atoms with Crippen molar-refractivity contribution < 1.29 is 4.74 Å². The van der Waals surface area contributed by atoms with Crippen LogP contribution in [0.15, 0.2) is 30.3 Å². The van der Waals surface area contributed by atoms with Crippen molar-refractivity contribution in [2.24, 2.45) is 5.92 Å². The molecule has 0 aliphatic carbocycles. The van der Waals surface area contributed by atoms with Gasteiger partial charge in [0, 0.05) is 13.0 Å². The van der Waals surface area contributed by atoms with Crippen LogP contribution >= 0.6 is 0 Å². The quantitative estimate of drug-likeness (QED) is 0.839. The van der Waals surface area contributed by atoms with Gasteiger partial charge in [-0.3, -0.25) is 0 Å². The third kappa shape index (κ3) is 2.83. The van der Waals surface area contributed by atoms with Gasteiger partial charge >= 0.3 is 0 Å². The molecule has 0 radical (unpaired) electrons. The van der Waals surface area contributed by atoms with Crippen molar-refractivity contribution in [3.05, 3.63) is 35.9 Å². The molecule has 1 aromatic rings. The first-order chi connectivity index (χ1) is 7.92. The van der Waals surface area contributed by atoms with Crippen LogP contribution in [0.5, 0.6) is 0 Å². The number of nitrogens with one attached hydrogen (secondary N) is 1. The largest absolute Gasteiger partial charge is 0.384 e. The molecule has 1 fully saturated rings. The van der Waals surface area contributed by atoms with Gasteiger partial charge in [-0.1, -0.05) is 30.3 Å². The Labute approximate surface area is 98.0 Å². The Bertz CT molecular complexity index is 293. The van der Waals surface area contributed by atoms with E-state index in [0.717, 1.165) is 25.6 Å². The van der Waals surface area contributed by atoms with Crippen molar-refractivity contribution in [3.63, 3.8) is 0 Å². The van der Waals surface area contributed by atoms with E-state index in [-0.39, 0.29) is 0 Å². The average molecular weight is 219 g/mol. The number of hydrogen-bond donors (Lipinski definition) is 1. The summed E-state index contributed by atoms with van der Waals surface area (Å²) in [6.07, 6.45) is 2.53. The molecule has 1 unspecified atom stereocenters. The highest BCUT2D eigenvalue weighted by Crippen LogP contribution is 2.31. The van der Waals surface area contributed by atoms with Crippen LogP contribution in [0, 0.1) is 5.92 Å². The zero-order chi connectivity index (χ0) is 11.2. The lowest BCUT2D eigenvalue weighted by atomic mass is 9.81. The van der Waals surface area contributed by atoms with Crippen LogP contribution in [0.25, 0.3) is 0 Å². The first kappa shape index (κ1) is 11.6. The maximum Gasteiger partial charge on any atom is 0.0533 e. The van der Waals surface area contributed by atoms with Crippen molar-refractivity contribution in [2.45, 2.75) is 18.8 Å². The molecule has 16 heavy (non-hydrogen) atoms. The monoisotopic (exact) mass is 219 g/mol. The molecular formula is C14H21NO. The molecular weight excluding hydrogens is 198 g/mol. The highest BCUT2D eigenvalue weighted by atomic mass is 16.5. The van der Waals surface area contributed by atoms with E-state index >= 15 is 0 Å². The zero-order valence-electron chi connectivity index (χ0n) is 9.99. The molecule has 1 saturated heterocycles. The minimum atomic E-state index is 0.563. The van der Waals surface area contributed by atoms with E-state index in [1.54, 1.807) is 7.11 Å². The minimum absolute atomic E-state index is 0.563. The molecule has 1 aliphatic heterocycles. The normalized spacial score (nSPS) is 19.6. The number of ether oxygens (including phenoxy) is 1. The van der Waals surface area contributed by atoms with Crippen molar-refractivity contribution in [1.82, 2.24) is 5.32 Å². The molecule has 1 aliphatic rings. The van der Waals surface area contributed by atoms with Gasteiger partial charge in [-0.25, -0.2) is 0 Å². The molecule has 1 aromatic carbocycles. The molecule has 1 N–H and O–H groups in total. The van der Waals surface area contributed by atoms with Gasteiger partial charge in [0.05, 0.1) is 6.61 Å². The minimum Gasteiger partial charge on any atom is -0.384 e. The Morgan fingerprint density at radius 1 is 1.25 bits per heavy atom. The molecule has 0 aromatic heterocycles. The summed E-state index contributed by atoms with van der Waals surface area (Å²) in [5.74, 6) is 1.33. The van der Waals surface area contributed by atoms with E-state index in [0.29, 0.717) is 5.92 Å². The zero-order valence-corrected chi connectivity index (χ0v) is 9.99. The Kier molecular flexibility index (Phi) is 4.37. The second-order valence-corrected chi connectivity index (χ2v) is 4.56. The highest BCUT2D eigenvalue weighted by molar-refractivity contribution is 5.20. The Hall–Kier alpha value is -0.860. The summed E-state index contributed by atoms with van der Waals surface area (Å²) in [6, 6.07) is 10.8. The number of methoxy groups -OCH3 is 1. The van der Waals surface area contributed by atoms with Crippen LogP contribution in [-0.2, 0) is 4.74 Å². The van der Waals surface area contributed by atoms with Crippen LogP contribution in [0.4, 0.5) is 0 Å². The van der Waals surface area contributed by atoms with Crippen LogP contribution in [0.1, 0.15) is 24.3 Å². The van der Waals surface area contributed by atoms with E-state index in [4.69, 9.17) is 4.74 Å². The van der Waals surface area contributed by atoms with Gasteiger partial charge in [0.15, 0.2) is 0 Å². The van der Waals surface area contributed by atoms with Gasteiger partial charge in [-0.2, -0.15) is 0 Å². The van der Waals surface area contributed by atoms with Crippen LogP contribution in [0.2, 0.25) is 0 Å². The first-order valence-electron chi connectivity index (χ1n) is 6.16. The lowest BCUT2D eigenvalue weighted by Crippen LogP contribution is -2.32. The SMILES string of the molecule is COCC(c1ccccc1)C1CCNCC1. The van der Waals surface area contributed by atoms with E-state index in [1.807, 2.05) is 0 Å². The number of piperidine rings is 1. The molecule has 0 amide bonds. The Balaban J connectivity index is 2.09. The van der Waals surface area contributed by atoms with Gasteiger partial charge in [0.25, 0.3) is 0 Å². The molecule has 0 bridgehead atoms. The van der Waals surface area contributed by atoms with Crippen LogP contribution in [-0.4, -0.2) is 26.8 Å². The number of benzene rings is 1. The fraction of sp³-hybridized carbons (Fsp3) is 0.571. The average Bonchev–Trinajstić information content (AvgIpc) is 2.38. The summed E-state index contributed by atoms with van der Waals surface area (Å²) in [4.78, 5) is 0. The van der Waals surface area contributed by atoms with Crippen molar-refractivity contribution in [2.75, 3.05) is 26.8 Å². The molecule has 2 rings (SSSR count). The molecule has 2 nitrogen and oxygen atoms in total. The highest BCUT2D eigenvalue weighted by Gasteiger charge is 2.24. The van der Waals surface area contributed by atoms with Crippen LogP contribution < -0.4 is 5.32 Å². The summed E-state index contributed by atoms with van der Waals surface area (Å²) in [5, 5.41) is 3.42. The topological polar surface area (TPSA) is 21.3 Å². The number of rotatable bonds is 4. The molecule has 1 atom stereocenters. The molecule has 2 heteroatoms. The lowest BCUT2D eigenvalue weighted by Gasteiger charge is -2.30. The second kappa shape index (κ2) is 6.02. The predicted molar refractivity (Wildman–Crippen MR) is 66.7 cm³/mol. The maximum absolute atomic E-state index is 5.39. The standard InChI is InChI=1S/C14H21NO/c1-16-11-14(12-5-3-2-4-6-12)13-7-9-15-10-8-13/h2-6,13-15H,7-11H2,1H3. The van der Waals surface area contributed by atoms with E-state index in [1.165, 1.54) is 18.4 Å². The van der Waals surface area contributed by atoms with Gasteiger partial charge in [0.2, 0.25) is 0 Å². The molecule has 0 saturated carbocycles. The maximum atomic E-state index is 5.39. The fourth-order valence-corrected chi connectivity index (χ4v) is 2.63. The van der Waals surface area contributed by atoms with E-state index in [2.05, 4.69) is 35.6 Å².